The Hall–Kier alpha value is -1.27. The van der Waals surface area contributed by atoms with E-state index in [-0.39, 0.29) is 10.7 Å². The monoisotopic (exact) mass is 323 g/mol. The van der Waals surface area contributed by atoms with Gasteiger partial charge in [-0.2, -0.15) is 13.2 Å². The second-order valence-electron chi connectivity index (χ2n) is 4.11. The maximum Gasteiger partial charge on any atom is 0.417 e. The topological polar surface area (TPSA) is 30.7 Å². The molecule has 20 heavy (non-hydrogen) atoms. The van der Waals surface area contributed by atoms with Crippen LogP contribution in [-0.2, 0) is 12.6 Å². The van der Waals surface area contributed by atoms with E-state index in [4.69, 9.17) is 23.2 Å². The van der Waals surface area contributed by atoms with Crippen LogP contribution in [0.1, 0.15) is 17.7 Å². The predicted octanol–water partition coefficient (Wildman–Crippen LogP) is 4.11. The van der Waals surface area contributed by atoms with Crippen LogP contribution in [0.3, 0.4) is 0 Å². The molecule has 108 valence electrons. The summed E-state index contributed by atoms with van der Waals surface area (Å²) < 4.78 is 39.6. The molecular formula is C12H10Cl2F3N3. The quantitative estimate of drug-likeness (QED) is 0.793. The molecule has 2 aromatic rings. The van der Waals surface area contributed by atoms with Crippen molar-refractivity contribution in [2.24, 2.45) is 0 Å². The summed E-state index contributed by atoms with van der Waals surface area (Å²) in [5, 5.41) is 7.35. The third-order valence-electron chi connectivity index (χ3n) is 2.63. The summed E-state index contributed by atoms with van der Waals surface area (Å²) >= 11 is 11.1. The zero-order valence-electron chi connectivity index (χ0n) is 10.2. The van der Waals surface area contributed by atoms with E-state index < -0.39 is 11.7 Å². The Morgan fingerprint density at radius 1 is 1.25 bits per heavy atom. The molecule has 0 atom stereocenters. The Morgan fingerprint density at radius 2 is 2.00 bits per heavy atom. The van der Waals surface area contributed by atoms with E-state index in [1.807, 2.05) is 0 Å². The standard InChI is InChI=1S/C12H10Cl2F3N3/c13-5-1-2-8-7-20(19-18-8)9-3-4-11(14)10(6-9)12(15,16)17/h3-4,6-7H,1-2,5H2. The molecule has 0 spiro atoms. The Labute approximate surface area is 123 Å². The molecular weight excluding hydrogens is 314 g/mol. The van der Waals surface area contributed by atoms with Gasteiger partial charge in [0.25, 0.3) is 0 Å². The Balaban J connectivity index is 2.31. The zero-order valence-corrected chi connectivity index (χ0v) is 11.7. The van der Waals surface area contributed by atoms with Crippen molar-refractivity contribution in [2.75, 3.05) is 5.88 Å². The lowest BCUT2D eigenvalue weighted by molar-refractivity contribution is -0.137. The Morgan fingerprint density at radius 3 is 2.65 bits per heavy atom. The van der Waals surface area contributed by atoms with Crippen molar-refractivity contribution in [1.29, 1.82) is 0 Å². The largest absolute Gasteiger partial charge is 0.417 e. The van der Waals surface area contributed by atoms with E-state index in [0.717, 1.165) is 12.5 Å². The maximum atomic E-state index is 12.8. The van der Waals surface area contributed by atoms with E-state index in [0.29, 0.717) is 18.0 Å². The first-order valence-corrected chi connectivity index (χ1v) is 6.67. The molecule has 0 aliphatic heterocycles. The lowest BCUT2D eigenvalue weighted by Crippen LogP contribution is -2.07. The minimum Gasteiger partial charge on any atom is -0.220 e. The molecule has 8 heteroatoms. The molecule has 2 rings (SSSR count). The van der Waals surface area contributed by atoms with E-state index in [2.05, 4.69) is 10.3 Å². The smallest absolute Gasteiger partial charge is 0.220 e. The van der Waals surface area contributed by atoms with Crippen molar-refractivity contribution < 1.29 is 13.2 Å². The van der Waals surface area contributed by atoms with Crippen LogP contribution in [-0.4, -0.2) is 20.9 Å². The van der Waals surface area contributed by atoms with Crippen LogP contribution in [0.25, 0.3) is 5.69 Å². The molecule has 0 N–H and O–H groups in total. The Kier molecular flexibility index (Phi) is 4.55. The molecule has 0 bridgehead atoms. The van der Waals surface area contributed by atoms with Gasteiger partial charge in [0, 0.05) is 5.88 Å². The average molecular weight is 324 g/mol. The summed E-state index contributed by atoms with van der Waals surface area (Å²) in [6.45, 7) is 0. The number of rotatable bonds is 4. The van der Waals surface area contributed by atoms with Crippen molar-refractivity contribution >= 4 is 23.2 Å². The fraction of sp³-hybridized carbons (Fsp3) is 0.333. The minimum atomic E-state index is -4.50. The molecule has 1 aromatic heterocycles. The number of hydrogen-bond acceptors (Lipinski definition) is 2. The molecule has 0 radical (unpaired) electrons. The maximum absolute atomic E-state index is 12.8. The van der Waals surface area contributed by atoms with Crippen molar-refractivity contribution in [3.05, 3.63) is 40.7 Å². The summed E-state index contributed by atoms with van der Waals surface area (Å²) in [5.74, 6) is 0.492. The fourth-order valence-electron chi connectivity index (χ4n) is 1.66. The van der Waals surface area contributed by atoms with Crippen LogP contribution < -0.4 is 0 Å². The summed E-state index contributed by atoms with van der Waals surface area (Å²) in [6.07, 6.45) is -1.57. The highest BCUT2D eigenvalue weighted by molar-refractivity contribution is 6.31. The van der Waals surface area contributed by atoms with Gasteiger partial charge in [0.2, 0.25) is 0 Å². The molecule has 0 unspecified atom stereocenters. The minimum absolute atomic E-state index is 0.256. The van der Waals surface area contributed by atoms with Gasteiger partial charge < -0.3 is 0 Å². The van der Waals surface area contributed by atoms with Gasteiger partial charge >= 0.3 is 6.18 Å². The van der Waals surface area contributed by atoms with Crippen LogP contribution in [0.15, 0.2) is 24.4 Å². The van der Waals surface area contributed by atoms with Crippen LogP contribution in [0.4, 0.5) is 13.2 Å². The number of hydrogen-bond donors (Lipinski definition) is 0. The lowest BCUT2D eigenvalue weighted by atomic mass is 10.2. The highest BCUT2D eigenvalue weighted by atomic mass is 35.5. The molecule has 0 aliphatic rings. The molecule has 0 amide bonds. The molecule has 0 fully saturated rings. The molecule has 1 heterocycles. The van der Waals surface area contributed by atoms with Gasteiger partial charge in [-0.15, -0.1) is 16.7 Å². The summed E-state index contributed by atoms with van der Waals surface area (Å²) in [5.41, 5.74) is 0.0370. The highest BCUT2D eigenvalue weighted by Crippen LogP contribution is 2.35. The molecule has 0 saturated heterocycles. The van der Waals surface area contributed by atoms with Crippen LogP contribution in [0, 0.1) is 0 Å². The van der Waals surface area contributed by atoms with Crippen LogP contribution >= 0.6 is 23.2 Å². The second kappa shape index (κ2) is 6.01. The average Bonchev–Trinajstić information content (AvgIpc) is 2.84. The van der Waals surface area contributed by atoms with Crippen LogP contribution in [0.5, 0.6) is 0 Å². The summed E-state index contributed by atoms with van der Waals surface area (Å²) in [4.78, 5) is 0. The van der Waals surface area contributed by atoms with Gasteiger partial charge in [-0.3, -0.25) is 0 Å². The van der Waals surface area contributed by atoms with Crippen molar-refractivity contribution in [3.63, 3.8) is 0 Å². The number of aromatic nitrogens is 3. The number of benzene rings is 1. The molecule has 1 aromatic carbocycles. The number of alkyl halides is 4. The SMILES string of the molecule is FC(F)(F)c1cc(-n2cc(CCCCl)nn2)ccc1Cl. The van der Waals surface area contributed by atoms with E-state index >= 15 is 0 Å². The van der Waals surface area contributed by atoms with Gasteiger partial charge in [-0.05, 0) is 31.0 Å². The molecule has 0 aliphatic carbocycles. The first kappa shape index (κ1) is 15.1. The Bertz CT molecular complexity index is 596. The van der Waals surface area contributed by atoms with E-state index in [1.54, 1.807) is 6.20 Å². The fourth-order valence-corrected chi connectivity index (χ4v) is 2.02. The number of aryl methyl sites for hydroxylation is 1. The van der Waals surface area contributed by atoms with Gasteiger partial charge in [0.1, 0.15) is 0 Å². The predicted molar refractivity (Wildman–Crippen MR) is 70.4 cm³/mol. The summed E-state index contributed by atoms with van der Waals surface area (Å²) in [7, 11) is 0. The van der Waals surface area contributed by atoms with Gasteiger partial charge in [-0.1, -0.05) is 16.8 Å². The number of halogens is 5. The normalized spacial score (nSPS) is 11.8. The third-order valence-corrected chi connectivity index (χ3v) is 3.22. The summed E-state index contributed by atoms with van der Waals surface area (Å²) in [6, 6.07) is 3.60. The van der Waals surface area contributed by atoms with Gasteiger partial charge in [0.15, 0.2) is 0 Å². The van der Waals surface area contributed by atoms with Gasteiger partial charge in [-0.25, -0.2) is 4.68 Å². The zero-order chi connectivity index (χ0) is 14.8. The molecule has 0 saturated carbocycles. The number of nitrogens with zero attached hydrogens (tertiary/aromatic N) is 3. The van der Waals surface area contributed by atoms with Gasteiger partial charge in [0.05, 0.1) is 28.2 Å². The van der Waals surface area contributed by atoms with Crippen LogP contribution in [0.2, 0.25) is 5.02 Å². The first-order chi connectivity index (χ1) is 9.41. The first-order valence-electron chi connectivity index (χ1n) is 5.76. The van der Waals surface area contributed by atoms with Crippen molar-refractivity contribution in [3.8, 4) is 5.69 Å². The van der Waals surface area contributed by atoms with Crippen molar-refractivity contribution in [2.45, 2.75) is 19.0 Å². The van der Waals surface area contributed by atoms with Crippen molar-refractivity contribution in [1.82, 2.24) is 15.0 Å². The van der Waals surface area contributed by atoms with E-state index in [1.165, 1.54) is 16.8 Å². The molecule has 3 nitrogen and oxygen atoms in total. The third kappa shape index (κ3) is 3.43. The lowest BCUT2D eigenvalue weighted by Gasteiger charge is -2.10. The van der Waals surface area contributed by atoms with E-state index in [9.17, 15) is 13.2 Å². The highest BCUT2D eigenvalue weighted by Gasteiger charge is 2.33. The second-order valence-corrected chi connectivity index (χ2v) is 4.89.